The van der Waals surface area contributed by atoms with Gasteiger partial charge in [-0.3, -0.25) is 0 Å². The molecular weight excluding hydrogens is 211 g/mol. The van der Waals surface area contributed by atoms with Crippen LogP contribution in [0.25, 0.3) is 0 Å². The maximum atomic E-state index is 9.54. The summed E-state index contributed by atoms with van der Waals surface area (Å²) in [5.41, 5.74) is 0.376. The number of halogens is 2. The minimum absolute atomic E-state index is 0.362. The van der Waals surface area contributed by atoms with Crippen molar-refractivity contribution in [1.82, 2.24) is 0 Å². The summed E-state index contributed by atoms with van der Waals surface area (Å²) in [4.78, 5) is 0. The van der Waals surface area contributed by atoms with Gasteiger partial charge in [-0.1, -0.05) is 29.3 Å². The van der Waals surface area contributed by atoms with Crippen molar-refractivity contribution in [1.29, 1.82) is 0 Å². The summed E-state index contributed by atoms with van der Waals surface area (Å²) < 4.78 is 0. The first-order chi connectivity index (χ1) is 6.04. The van der Waals surface area contributed by atoms with Crippen LogP contribution in [0.4, 0.5) is 0 Å². The Bertz CT molecular complexity index is 279. The minimum Gasteiger partial charge on any atom is -0.390 e. The fourth-order valence-electron chi connectivity index (χ4n) is 1.03. The molecule has 1 aromatic carbocycles. The van der Waals surface area contributed by atoms with Gasteiger partial charge in [-0.05, 0) is 19.1 Å². The van der Waals surface area contributed by atoms with Crippen molar-refractivity contribution in [2.75, 3.05) is 0 Å². The molecule has 2 N–H and O–H groups in total. The molecule has 1 rings (SSSR count). The second-order valence-corrected chi connectivity index (χ2v) is 3.64. The summed E-state index contributed by atoms with van der Waals surface area (Å²) in [5, 5.41) is 19.4. The molecule has 0 aliphatic heterocycles. The van der Waals surface area contributed by atoms with Crippen LogP contribution in [-0.4, -0.2) is 16.3 Å². The zero-order valence-corrected chi connectivity index (χ0v) is 8.55. The maximum Gasteiger partial charge on any atom is 0.107 e. The zero-order chi connectivity index (χ0) is 10.0. The molecule has 0 fully saturated rings. The molecule has 0 saturated carbocycles. The quantitative estimate of drug-likeness (QED) is 0.804. The van der Waals surface area contributed by atoms with Gasteiger partial charge in [-0.15, -0.1) is 0 Å². The Morgan fingerprint density at radius 1 is 1.15 bits per heavy atom. The summed E-state index contributed by atoms with van der Waals surface area (Å²) >= 11 is 11.6. The smallest absolute Gasteiger partial charge is 0.107 e. The predicted molar refractivity (Wildman–Crippen MR) is 53.1 cm³/mol. The molecule has 0 bridgehead atoms. The summed E-state index contributed by atoms with van der Waals surface area (Å²) in [6, 6.07) is 4.92. The average Bonchev–Trinajstić information content (AvgIpc) is 2.03. The van der Waals surface area contributed by atoms with Crippen LogP contribution in [-0.2, 0) is 0 Å². The monoisotopic (exact) mass is 220 g/mol. The van der Waals surface area contributed by atoms with Gasteiger partial charge in [-0.2, -0.15) is 0 Å². The van der Waals surface area contributed by atoms with Crippen molar-refractivity contribution in [2.45, 2.75) is 19.1 Å². The molecule has 0 amide bonds. The Hall–Kier alpha value is -0.280. The summed E-state index contributed by atoms with van der Waals surface area (Å²) in [5.74, 6) is 0. The van der Waals surface area contributed by atoms with Crippen molar-refractivity contribution in [2.24, 2.45) is 0 Å². The molecule has 0 aromatic heterocycles. The van der Waals surface area contributed by atoms with E-state index in [1.807, 2.05) is 0 Å². The second-order valence-electron chi connectivity index (χ2n) is 2.82. The van der Waals surface area contributed by atoms with Crippen LogP contribution in [0.1, 0.15) is 18.6 Å². The second kappa shape index (κ2) is 4.29. The topological polar surface area (TPSA) is 40.5 Å². The molecule has 2 atom stereocenters. The number of aliphatic hydroxyl groups is 2. The molecular formula is C9H10Cl2O2. The van der Waals surface area contributed by atoms with Crippen LogP contribution in [0.5, 0.6) is 0 Å². The lowest BCUT2D eigenvalue weighted by molar-refractivity contribution is 0.0306. The molecule has 72 valence electrons. The highest BCUT2D eigenvalue weighted by Gasteiger charge is 2.19. The predicted octanol–water partition coefficient (Wildman–Crippen LogP) is 2.41. The van der Waals surface area contributed by atoms with Crippen LogP contribution >= 0.6 is 23.2 Å². The van der Waals surface area contributed by atoms with Gasteiger partial charge in [-0.25, -0.2) is 0 Å². The van der Waals surface area contributed by atoms with Gasteiger partial charge in [0, 0.05) is 15.6 Å². The first kappa shape index (κ1) is 10.8. The van der Waals surface area contributed by atoms with E-state index in [4.69, 9.17) is 28.3 Å². The molecule has 0 radical (unpaired) electrons. The van der Waals surface area contributed by atoms with E-state index in [2.05, 4.69) is 0 Å². The van der Waals surface area contributed by atoms with Crippen LogP contribution in [0.2, 0.25) is 10.0 Å². The van der Waals surface area contributed by atoms with E-state index in [1.54, 1.807) is 18.2 Å². The number of hydrogen-bond acceptors (Lipinski definition) is 2. The van der Waals surface area contributed by atoms with Crippen molar-refractivity contribution in [3.05, 3.63) is 33.8 Å². The Labute approximate surface area is 86.7 Å². The van der Waals surface area contributed by atoms with E-state index in [9.17, 15) is 5.11 Å². The molecule has 13 heavy (non-hydrogen) atoms. The van der Waals surface area contributed by atoms with Gasteiger partial charge >= 0.3 is 0 Å². The first-order valence-electron chi connectivity index (χ1n) is 3.84. The largest absolute Gasteiger partial charge is 0.390 e. The van der Waals surface area contributed by atoms with E-state index >= 15 is 0 Å². The highest BCUT2D eigenvalue weighted by atomic mass is 35.5. The van der Waals surface area contributed by atoms with Gasteiger partial charge < -0.3 is 10.2 Å². The van der Waals surface area contributed by atoms with E-state index in [0.717, 1.165) is 0 Å². The normalized spacial score (nSPS) is 15.5. The summed E-state index contributed by atoms with van der Waals surface area (Å²) in [6.45, 7) is 1.48. The first-order valence-corrected chi connectivity index (χ1v) is 4.59. The Morgan fingerprint density at radius 2 is 1.62 bits per heavy atom. The Kier molecular flexibility index (Phi) is 3.56. The van der Waals surface area contributed by atoms with Crippen molar-refractivity contribution >= 4 is 23.2 Å². The highest BCUT2D eigenvalue weighted by Crippen LogP contribution is 2.31. The molecule has 0 aliphatic rings. The average molecular weight is 221 g/mol. The maximum absolute atomic E-state index is 9.54. The number of hydrogen-bond donors (Lipinski definition) is 2. The standard InChI is InChI=1S/C9H10Cl2O2/c1-5(12)9(13)8-6(10)3-2-4-7(8)11/h2-5,9,12-13H,1H3/t5?,9-/m1/s1. The van der Waals surface area contributed by atoms with Gasteiger partial charge in [0.25, 0.3) is 0 Å². The molecule has 1 aromatic rings. The fourth-order valence-corrected chi connectivity index (χ4v) is 1.66. The number of aliphatic hydroxyl groups excluding tert-OH is 2. The number of rotatable bonds is 2. The third-order valence-electron chi connectivity index (χ3n) is 1.75. The van der Waals surface area contributed by atoms with Gasteiger partial charge in [0.05, 0.1) is 6.10 Å². The SMILES string of the molecule is CC(O)[C@@H](O)c1c(Cl)cccc1Cl. The minimum atomic E-state index is -1.04. The third kappa shape index (κ3) is 2.35. The molecule has 0 saturated heterocycles. The van der Waals surface area contributed by atoms with E-state index < -0.39 is 12.2 Å². The van der Waals surface area contributed by atoms with E-state index in [-0.39, 0.29) is 0 Å². The Morgan fingerprint density at radius 3 is 2.00 bits per heavy atom. The van der Waals surface area contributed by atoms with Gasteiger partial charge in [0.15, 0.2) is 0 Å². The zero-order valence-electron chi connectivity index (χ0n) is 7.04. The van der Waals surface area contributed by atoms with Gasteiger partial charge in [0.1, 0.15) is 6.10 Å². The van der Waals surface area contributed by atoms with Gasteiger partial charge in [0.2, 0.25) is 0 Å². The molecule has 4 heteroatoms. The Balaban J connectivity index is 3.12. The molecule has 1 unspecified atom stereocenters. The summed E-state index contributed by atoms with van der Waals surface area (Å²) in [7, 11) is 0. The molecule has 0 heterocycles. The van der Waals surface area contributed by atoms with E-state index in [0.29, 0.717) is 15.6 Å². The van der Waals surface area contributed by atoms with Crippen LogP contribution in [0.15, 0.2) is 18.2 Å². The van der Waals surface area contributed by atoms with E-state index in [1.165, 1.54) is 6.92 Å². The third-order valence-corrected chi connectivity index (χ3v) is 2.41. The molecule has 2 nitrogen and oxygen atoms in total. The van der Waals surface area contributed by atoms with Crippen LogP contribution in [0.3, 0.4) is 0 Å². The highest BCUT2D eigenvalue weighted by molar-refractivity contribution is 6.36. The molecule has 0 spiro atoms. The fraction of sp³-hybridized carbons (Fsp3) is 0.333. The summed E-state index contributed by atoms with van der Waals surface area (Å²) in [6.07, 6.45) is -1.93. The lowest BCUT2D eigenvalue weighted by atomic mass is 10.1. The molecule has 0 aliphatic carbocycles. The lowest BCUT2D eigenvalue weighted by Crippen LogP contribution is -2.14. The lowest BCUT2D eigenvalue weighted by Gasteiger charge is -2.16. The van der Waals surface area contributed by atoms with Crippen LogP contribution < -0.4 is 0 Å². The number of benzene rings is 1. The van der Waals surface area contributed by atoms with Crippen molar-refractivity contribution < 1.29 is 10.2 Å². The van der Waals surface area contributed by atoms with Crippen molar-refractivity contribution in [3.63, 3.8) is 0 Å². The van der Waals surface area contributed by atoms with Crippen LogP contribution in [0, 0.1) is 0 Å². The van der Waals surface area contributed by atoms with Crippen molar-refractivity contribution in [3.8, 4) is 0 Å².